The van der Waals surface area contributed by atoms with E-state index in [1.165, 1.54) is 116 Å². The molecular formula is C71H125NO18. The normalized spacial score (nSPS) is 28.5. The van der Waals surface area contributed by atoms with Crippen molar-refractivity contribution in [1.29, 1.82) is 0 Å². The molecule has 12 N–H and O–H groups in total. The van der Waals surface area contributed by atoms with Crippen molar-refractivity contribution in [3.63, 3.8) is 0 Å². The smallest absolute Gasteiger partial charge is 0.220 e. The number of aliphatic hydroxyl groups excluding tert-OH is 11. The Morgan fingerprint density at radius 1 is 0.411 bits per heavy atom. The Labute approximate surface area is 540 Å². The summed E-state index contributed by atoms with van der Waals surface area (Å²) in [5.74, 6) is -0.301. The van der Waals surface area contributed by atoms with Gasteiger partial charge in [-0.05, 0) is 77.0 Å². The zero-order valence-corrected chi connectivity index (χ0v) is 55.1. The van der Waals surface area contributed by atoms with E-state index in [2.05, 4.69) is 79.9 Å². The van der Waals surface area contributed by atoms with Crippen LogP contribution in [0.4, 0.5) is 0 Å². The lowest BCUT2D eigenvalue weighted by atomic mass is 9.96. The maximum atomic E-state index is 13.4. The third-order valence-electron chi connectivity index (χ3n) is 17.2. The molecule has 17 unspecified atom stereocenters. The van der Waals surface area contributed by atoms with Crippen molar-refractivity contribution in [2.24, 2.45) is 0 Å². The minimum absolute atomic E-state index is 0.217. The van der Waals surface area contributed by atoms with Gasteiger partial charge in [-0.25, -0.2) is 0 Å². The van der Waals surface area contributed by atoms with E-state index in [0.717, 1.165) is 89.9 Å². The van der Waals surface area contributed by atoms with Crippen LogP contribution >= 0.6 is 0 Å². The highest BCUT2D eigenvalue weighted by atomic mass is 16.8. The lowest BCUT2D eigenvalue weighted by Crippen LogP contribution is -2.66. The van der Waals surface area contributed by atoms with Crippen molar-refractivity contribution in [2.75, 3.05) is 26.4 Å². The summed E-state index contributed by atoms with van der Waals surface area (Å²) in [5.41, 5.74) is 0. The van der Waals surface area contributed by atoms with Crippen LogP contribution in [0.25, 0.3) is 0 Å². The van der Waals surface area contributed by atoms with Gasteiger partial charge in [0.1, 0.15) is 73.2 Å². The van der Waals surface area contributed by atoms with E-state index in [9.17, 15) is 61.0 Å². The van der Waals surface area contributed by atoms with E-state index in [0.29, 0.717) is 12.8 Å². The first kappa shape index (κ1) is 81.5. The molecule has 522 valence electrons. The molecule has 0 aromatic carbocycles. The molecule has 0 aromatic rings. The van der Waals surface area contributed by atoms with E-state index in [1.807, 2.05) is 6.08 Å². The summed E-state index contributed by atoms with van der Waals surface area (Å²) in [5, 5.41) is 120. The predicted molar refractivity (Wildman–Crippen MR) is 351 cm³/mol. The number of hydrogen-bond acceptors (Lipinski definition) is 18. The zero-order chi connectivity index (χ0) is 65.4. The minimum atomic E-state index is -1.99. The molecule has 1 amide bonds. The van der Waals surface area contributed by atoms with Crippen molar-refractivity contribution in [3.8, 4) is 0 Å². The fraction of sp³-hybridized carbons (Fsp3) is 0.817. The van der Waals surface area contributed by atoms with Crippen LogP contribution in [0.15, 0.2) is 72.9 Å². The monoisotopic (exact) mass is 1280 g/mol. The van der Waals surface area contributed by atoms with Crippen LogP contribution in [0.5, 0.6) is 0 Å². The summed E-state index contributed by atoms with van der Waals surface area (Å²) in [7, 11) is 0. The van der Waals surface area contributed by atoms with Gasteiger partial charge in [-0.3, -0.25) is 4.79 Å². The fourth-order valence-corrected chi connectivity index (χ4v) is 11.5. The summed E-state index contributed by atoms with van der Waals surface area (Å²) in [4.78, 5) is 13.4. The Kier molecular flexibility index (Phi) is 47.5. The van der Waals surface area contributed by atoms with Crippen molar-refractivity contribution in [2.45, 2.75) is 343 Å². The first-order valence-electron chi connectivity index (χ1n) is 35.2. The van der Waals surface area contributed by atoms with Crippen LogP contribution in [0, 0.1) is 0 Å². The number of nitrogens with one attached hydrogen (secondary N) is 1. The summed E-state index contributed by atoms with van der Waals surface area (Å²) in [6.45, 7) is 1.59. The molecule has 0 aliphatic carbocycles. The number of aliphatic hydroxyl groups is 11. The Morgan fingerprint density at radius 3 is 1.24 bits per heavy atom. The first-order valence-corrected chi connectivity index (χ1v) is 35.2. The Balaban J connectivity index is 1.45. The second-order valence-corrected chi connectivity index (χ2v) is 24.9. The molecule has 3 rings (SSSR count). The Bertz CT molecular complexity index is 1920. The fourth-order valence-electron chi connectivity index (χ4n) is 11.5. The lowest BCUT2D eigenvalue weighted by molar-refractivity contribution is -0.379. The maximum Gasteiger partial charge on any atom is 0.220 e. The molecule has 3 aliphatic rings. The highest BCUT2D eigenvalue weighted by Gasteiger charge is 2.53. The lowest BCUT2D eigenvalue weighted by Gasteiger charge is -2.48. The van der Waals surface area contributed by atoms with E-state index in [-0.39, 0.29) is 18.9 Å². The van der Waals surface area contributed by atoms with Crippen LogP contribution in [0.2, 0.25) is 0 Å². The number of allylic oxidation sites excluding steroid dienone is 11. The average Bonchev–Trinajstić information content (AvgIpc) is 0.847. The highest BCUT2D eigenvalue weighted by Crippen LogP contribution is 2.33. The Morgan fingerprint density at radius 2 is 0.778 bits per heavy atom. The zero-order valence-electron chi connectivity index (χ0n) is 55.1. The summed E-state index contributed by atoms with van der Waals surface area (Å²) in [6, 6.07) is -1.01. The van der Waals surface area contributed by atoms with Crippen molar-refractivity contribution in [3.05, 3.63) is 72.9 Å². The summed E-state index contributed by atoms with van der Waals surface area (Å²) >= 11 is 0. The van der Waals surface area contributed by atoms with Crippen LogP contribution in [0.3, 0.4) is 0 Å². The molecule has 19 heteroatoms. The standard InChI is InChI=1S/C71H125NO18/c1-3-5-7-9-11-13-15-17-19-21-22-23-24-25-26-27-28-29-30-31-33-34-36-38-40-42-44-46-48-55(76)54(72-59(77)49-47-45-43-41-39-37-35-32-20-18-16-14-12-10-8-6-4-2)53-85-69-65(83)62(80)67(57(51-74)87-69)90-71-66(84)63(81)68(58(52-75)88-71)89-70-64(82)61(79)60(78)56(50-73)86-70/h6,8,12,14,18,20,31,33,38,40,46,48,54-58,60-71,73-76,78-84H,3-5,7,9-11,13,15-17,19,21-30,32,34-37,39,41-45,47,49-53H2,1-2H3,(H,72,77)/b8-6-,14-12-,20-18-,33-31+,40-38+,48-46+. The molecule has 0 aromatic heterocycles. The van der Waals surface area contributed by atoms with E-state index in [1.54, 1.807) is 6.08 Å². The maximum absolute atomic E-state index is 13.4. The molecule has 3 aliphatic heterocycles. The molecule has 3 fully saturated rings. The topological polar surface area (TPSA) is 307 Å². The van der Waals surface area contributed by atoms with Crippen molar-refractivity contribution in [1.82, 2.24) is 5.32 Å². The van der Waals surface area contributed by atoms with Gasteiger partial charge in [-0.15, -0.1) is 0 Å². The number of ether oxygens (including phenoxy) is 6. The number of rotatable bonds is 53. The van der Waals surface area contributed by atoms with Gasteiger partial charge in [0.25, 0.3) is 0 Å². The van der Waals surface area contributed by atoms with E-state index >= 15 is 0 Å². The predicted octanol–water partition coefficient (Wildman–Crippen LogP) is 9.33. The second-order valence-electron chi connectivity index (χ2n) is 24.9. The molecular weight excluding hydrogens is 1150 g/mol. The van der Waals surface area contributed by atoms with Crippen LogP contribution < -0.4 is 5.32 Å². The average molecular weight is 1280 g/mol. The molecule has 17 atom stereocenters. The number of amides is 1. The van der Waals surface area contributed by atoms with Gasteiger partial charge >= 0.3 is 0 Å². The number of unbranched alkanes of at least 4 members (excludes halogenated alkanes) is 27. The number of carbonyl (C=O) groups excluding carboxylic acids is 1. The molecule has 0 saturated carbocycles. The molecule has 0 bridgehead atoms. The minimum Gasteiger partial charge on any atom is -0.394 e. The van der Waals surface area contributed by atoms with Crippen LogP contribution in [-0.2, 0) is 33.2 Å². The van der Waals surface area contributed by atoms with Gasteiger partial charge in [0.05, 0.1) is 38.6 Å². The largest absolute Gasteiger partial charge is 0.394 e. The summed E-state index contributed by atoms with van der Waals surface area (Å²) < 4.78 is 34.3. The molecule has 3 saturated heterocycles. The summed E-state index contributed by atoms with van der Waals surface area (Å²) in [6.07, 6.45) is 38.9. The third kappa shape index (κ3) is 34.1. The molecule has 19 nitrogen and oxygen atoms in total. The van der Waals surface area contributed by atoms with Crippen LogP contribution in [-0.4, -0.2) is 193 Å². The molecule has 0 radical (unpaired) electrons. The molecule has 0 spiro atoms. The van der Waals surface area contributed by atoms with Crippen LogP contribution in [0.1, 0.15) is 239 Å². The van der Waals surface area contributed by atoms with E-state index in [4.69, 9.17) is 28.4 Å². The first-order chi connectivity index (χ1) is 43.8. The van der Waals surface area contributed by atoms with Gasteiger partial charge in [0, 0.05) is 6.42 Å². The van der Waals surface area contributed by atoms with Gasteiger partial charge in [0.15, 0.2) is 18.9 Å². The quantitative estimate of drug-likeness (QED) is 0.0199. The van der Waals surface area contributed by atoms with Gasteiger partial charge < -0.3 is 89.9 Å². The molecule has 3 heterocycles. The second kappa shape index (κ2) is 52.5. The van der Waals surface area contributed by atoms with E-state index < -0.39 is 124 Å². The molecule has 90 heavy (non-hydrogen) atoms. The Hall–Kier alpha value is -2.77. The van der Waals surface area contributed by atoms with Gasteiger partial charge in [-0.1, -0.05) is 228 Å². The third-order valence-corrected chi connectivity index (χ3v) is 17.2. The SMILES string of the molecule is CC/C=C\C/C=C\C/C=C\CCCCCCCCCC(=O)NC(COC1OC(CO)C(OC2OC(CO)C(OC3OC(CO)C(O)C(O)C3O)C(O)C2O)C(O)C1O)C(O)/C=C/CC/C=C/CC/C=C/CCCCCCCCCCCCCCCCCCCC. The number of carbonyl (C=O) groups is 1. The van der Waals surface area contributed by atoms with Crippen molar-refractivity contribution < 1.29 is 89.4 Å². The van der Waals surface area contributed by atoms with Crippen molar-refractivity contribution >= 4 is 5.91 Å². The van der Waals surface area contributed by atoms with Gasteiger partial charge in [0.2, 0.25) is 5.91 Å². The highest BCUT2D eigenvalue weighted by molar-refractivity contribution is 5.76. The van der Waals surface area contributed by atoms with Gasteiger partial charge in [-0.2, -0.15) is 0 Å². The number of hydrogen-bond donors (Lipinski definition) is 12.